The Morgan fingerprint density at radius 3 is 2.30 bits per heavy atom. The van der Waals surface area contributed by atoms with E-state index in [2.05, 4.69) is 0 Å². The largest absolute Gasteiger partial charge is 0.398 e. The summed E-state index contributed by atoms with van der Waals surface area (Å²) in [4.78, 5) is 1.84. The molecule has 0 heterocycles. The number of anilines is 1. The number of halogens is 2. The zero-order valence-electron chi connectivity index (χ0n) is 10.4. The molecule has 0 atom stereocenters. The van der Waals surface area contributed by atoms with Gasteiger partial charge in [0.1, 0.15) is 0 Å². The van der Waals surface area contributed by atoms with Gasteiger partial charge in [-0.1, -0.05) is 35.0 Å². The fourth-order valence-electron chi connectivity index (χ4n) is 1.52. The third-order valence-electron chi connectivity index (χ3n) is 2.53. The predicted octanol–water partition coefficient (Wildman–Crippen LogP) is 4.13. The van der Waals surface area contributed by atoms with E-state index < -0.39 is 9.84 Å². The Labute approximate surface area is 132 Å². The van der Waals surface area contributed by atoms with Gasteiger partial charge >= 0.3 is 0 Å². The monoisotopic (exact) mass is 347 g/mol. The van der Waals surface area contributed by atoms with Crippen LogP contribution >= 0.6 is 35.0 Å². The first kappa shape index (κ1) is 15.5. The highest BCUT2D eigenvalue weighted by Gasteiger charge is 2.10. The minimum absolute atomic E-state index is 0.202. The molecule has 0 amide bonds. The first-order valence-corrected chi connectivity index (χ1v) is 8.96. The standard InChI is InChI=1S/C13H11Cl2NO2S2/c1-20(17,18)9-3-5-13(12(16)7-9)19-8-2-4-10(14)11(15)6-8/h2-7H,16H2,1H3. The average Bonchev–Trinajstić information content (AvgIpc) is 2.35. The van der Waals surface area contributed by atoms with Crippen molar-refractivity contribution in [2.24, 2.45) is 0 Å². The second-order valence-corrected chi connectivity index (χ2v) is 8.10. The first-order valence-electron chi connectivity index (χ1n) is 5.50. The summed E-state index contributed by atoms with van der Waals surface area (Å²) in [6.45, 7) is 0. The molecule has 2 rings (SSSR count). The lowest BCUT2D eigenvalue weighted by Gasteiger charge is -2.08. The molecule has 2 N–H and O–H groups in total. The molecule has 0 bridgehead atoms. The lowest BCUT2D eigenvalue weighted by atomic mass is 10.3. The van der Waals surface area contributed by atoms with Gasteiger partial charge in [0, 0.05) is 21.7 Å². The smallest absolute Gasteiger partial charge is 0.175 e. The fraction of sp³-hybridized carbons (Fsp3) is 0.0769. The second kappa shape index (κ2) is 5.85. The second-order valence-electron chi connectivity index (χ2n) is 4.15. The summed E-state index contributed by atoms with van der Waals surface area (Å²) in [5, 5.41) is 0.944. The Hall–Kier alpha value is -0.880. The van der Waals surface area contributed by atoms with Crippen LogP contribution in [0.4, 0.5) is 5.69 Å². The molecule has 0 radical (unpaired) electrons. The molecule has 7 heteroatoms. The molecule has 0 aliphatic carbocycles. The van der Waals surface area contributed by atoms with Crippen LogP contribution in [0.5, 0.6) is 0 Å². The Kier molecular flexibility index (Phi) is 4.54. The third kappa shape index (κ3) is 3.61. The minimum Gasteiger partial charge on any atom is -0.398 e. The van der Waals surface area contributed by atoms with Crippen LogP contribution in [0.3, 0.4) is 0 Å². The molecule has 3 nitrogen and oxygen atoms in total. The summed E-state index contributed by atoms with van der Waals surface area (Å²) in [6.07, 6.45) is 1.15. The molecule has 0 aromatic heterocycles. The fourth-order valence-corrected chi connectivity index (χ4v) is 3.42. The van der Waals surface area contributed by atoms with Crippen LogP contribution in [-0.2, 0) is 9.84 Å². The van der Waals surface area contributed by atoms with Crippen molar-refractivity contribution in [3.05, 3.63) is 46.4 Å². The van der Waals surface area contributed by atoms with Gasteiger partial charge in [-0.15, -0.1) is 0 Å². The summed E-state index contributed by atoms with van der Waals surface area (Å²) in [5.74, 6) is 0. The quantitative estimate of drug-likeness (QED) is 0.848. The highest BCUT2D eigenvalue weighted by atomic mass is 35.5. The van der Waals surface area contributed by atoms with Crippen LogP contribution in [0, 0.1) is 0 Å². The van der Waals surface area contributed by atoms with E-state index in [9.17, 15) is 8.42 Å². The number of hydrogen-bond donors (Lipinski definition) is 1. The molecule has 106 valence electrons. The number of benzene rings is 2. The molecular formula is C13H11Cl2NO2S2. The lowest BCUT2D eigenvalue weighted by Crippen LogP contribution is -1.99. The molecule has 2 aromatic rings. The topological polar surface area (TPSA) is 60.2 Å². The van der Waals surface area contributed by atoms with Crippen molar-refractivity contribution in [2.45, 2.75) is 14.7 Å². The summed E-state index contributed by atoms with van der Waals surface area (Å²) < 4.78 is 22.9. The van der Waals surface area contributed by atoms with E-state index in [4.69, 9.17) is 28.9 Å². The van der Waals surface area contributed by atoms with Gasteiger partial charge in [0.05, 0.1) is 14.9 Å². The van der Waals surface area contributed by atoms with Gasteiger partial charge in [-0.05, 0) is 36.4 Å². The molecule has 0 spiro atoms. The number of hydrogen-bond acceptors (Lipinski definition) is 4. The number of rotatable bonds is 3. The van der Waals surface area contributed by atoms with Gasteiger partial charge in [-0.3, -0.25) is 0 Å². The number of nitrogen functional groups attached to an aromatic ring is 1. The zero-order chi connectivity index (χ0) is 14.9. The number of nitrogens with two attached hydrogens (primary N) is 1. The Balaban J connectivity index is 2.32. The van der Waals surface area contributed by atoms with Crippen LogP contribution in [0.15, 0.2) is 51.1 Å². The van der Waals surface area contributed by atoms with Gasteiger partial charge in [0.25, 0.3) is 0 Å². The molecule has 0 aliphatic rings. The van der Waals surface area contributed by atoms with Crippen LogP contribution in [0.1, 0.15) is 0 Å². The van der Waals surface area contributed by atoms with Crippen molar-refractivity contribution >= 4 is 50.5 Å². The van der Waals surface area contributed by atoms with E-state index in [1.54, 1.807) is 18.2 Å². The van der Waals surface area contributed by atoms with Gasteiger partial charge in [-0.25, -0.2) is 8.42 Å². The maximum Gasteiger partial charge on any atom is 0.175 e. The Bertz CT molecular complexity index is 761. The highest BCUT2D eigenvalue weighted by Crippen LogP contribution is 2.36. The maximum absolute atomic E-state index is 11.4. The first-order chi connectivity index (χ1) is 9.27. The van der Waals surface area contributed by atoms with Crippen molar-refractivity contribution < 1.29 is 8.42 Å². The summed E-state index contributed by atoms with van der Waals surface area (Å²) in [6, 6.07) is 9.92. The van der Waals surface area contributed by atoms with Crippen molar-refractivity contribution in [1.29, 1.82) is 0 Å². The summed E-state index contributed by atoms with van der Waals surface area (Å²) in [5.41, 5.74) is 6.30. The van der Waals surface area contributed by atoms with Crippen LogP contribution in [-0.4, -0.2) is 14.7 Å². The Morgan fingerprint density at radius 2 is 1.75 bits per heavy atom. The highest BCUT2D eigenvalue weighted by molar-refractivity contribution is 7.99. The summed E-state index contributed by atoms with van der Waals surface area (Å²) >= 11 is 13.2. The summed E-state index contributed by atoms with van der Waals surface area (Å²) in [7, 11) is -3.26. The molecule has 0 aliphatic heterocycles. The van der Waals surface area contributed by atoms with Crippen molar-refractivity contribution in [3.63, 3.8) is 0 Å². The molecule has 0 saturated heterocycles. The van der Waals surface area contributed by atoms with Gasteiger partial charge < -0.3 is 5.73 Å². The molecule has 0 fully saturated rings. The van der Waals surface area contributed by atoms with E-state index in [1.807, 2.05) is 6.07 Å². The van der Waals surface area contributed by atoms with E-state index in [1.165, 1.54) is 23.9 Å². The van der Waals surface area contributed by atoms with Crippen molar-refractivity contribution in [1.82, 2.24) is 0 Å². The maximum atomic E-state index is 11.4. The Morgan fingerprint density at radius 1 is 1.05 bits per heavy atom. The molecule has 0 unspecified atom stereocenters. The average molecular weight is 348 g/mol. The number of sulfone groups is 1. The van der Waals surface area contributed by atoms with E-state index >= 15 is 0 Å². The van der Waals surface area contributed by atoms with E-state index in [0.29, 0.717) is 15.7 Å². The molecule has 2 aromatic carbocycles. The van der Waals surface area contributed by atoms with E-state index in [0.717, 1.165) is 16.0 Å². The predicted molar refractivity (Wildman–Crippen MR) is 84.5 cm³/mol. The van der Waals surface area contributed by atoms with Crippen LogP contribution in [0.2, 0.25) is 10.0 Å². The van der Waals surface area contributed by atoms with Crippen LogP contribution < -0.4 is 5.73 Å². The molecule has 0 saturated carbocycles. The molecular weight excluding hydrogens is 337 g/mol. The lowest BCUT2D eigenvalue weighted by molar-refractivity contribution is 0.602. The minimum atomic E-state index is -3.26. The third-order valence-corrected chi connectivity index (χ3v) is 5.46. The van der Waals surface area contributed by atoms with Crippen LogP contribution in [0.25, 0.3) is 0 Å². The van der Waals surface area contributed by atoms with E-state index in [-0.39, 0.29) is 4.90 Å². The SMILES string of the molecule is CS(=O)(=O)c1ccc(Sc2ccc(Cl)c(Cl)c2)c(N)c1. The van der Waals surface area contributed by atoms with Gasteiger partial charge in [0.15, 0.2) is 9.84 Å². The van der Waals surface area contributed by atoms with Crippen molar-refractivity contribution in [3.8, 4) is 0 Å². The van der Waals surface area contributed by atoms with Gasteiger partial charge in [-0.2, -0.15) is 0 Å². The van der Waals surface area contributed by atoms with Crippen molar-refractivity contribution in [2.75, 3.05) is 12.0 Å². The normalized spacial score (nSPS) is 11.6. The zero-order valence-corrected chi connectivity index (χ0v) is 13.6. The molecule has 20 heavy (non-hydrogen) atoms. The van der Waals surface area contributed by atoms with Gasteiger partial charge in [0.2, 0.25) is 0 Å².